The molecule has 70 valence electrons. The predicted octanol–water partition coefficient (Wildman–Crippen LogP) is 2.20. The molecule has 0 aliphatic heterocycles. The summed E-state index contributed by atoms with van der Waals surface area (Å²) in [5.74, 6) is 0. The van der Waals surface area contributed by atoms with Crippen molar-refractivity contribution in [1.82, 2.24) is 10.2 Å². The van der Waals surface area contributed by atoms with Crippen LogP contribution in [0.1, 0.15) is 0 Å². The van der Waals surface area contributed by atoms with Gasteiger partial charge in [0.25, 0.3) is 5.56 Å². The van der Waals surface area contributed by atoms with Crippen molar-refractivity contribution in [2.45, 2.75) is 0 Å². The first-order chi connectivity index (χ1) is 6.77. The minimum absolute atomic E-state index is 0.218. The molecule has 1 aromatic heterocycles. The Morgan fingerprint density at radius 2 is 1.93 bits per heavy atom. The van der Waals surface area contributed by atoms with Gasteiger partial charge < -0.3 is 0 Å². The zero-order valence-electron chi connectivity index (χ0n) is 7.20. The number of halogens is 1. The first-order valence-corrected chi connectivity index (χ1v) is 4.87. The molecule has 0 radical (unpaired) electrons. The summed E-state index contributed by atoms with van der Waals surface area (Å²) in [7, 11) is 0. The van der Waals surface area contributed by atoms with Gasteiger partial charge in [-0.3, -0.25) is 4.79 Å². The average molecular weight is 251 g/mol. The number of nitrogens with zero attached hydrogens (tertiary/aromatic N) is 1. The number of H-pyrrole nitrogens is 1. The van der Waals surface area contributed by atoms with Crippen LogP contribution in [-0.4, -0.2) is 10.2 Å². The van der Waals surface area contributed by atoms with E-state index in [-0.39, 0.29) is 5.56 Å². The Hall–Kier alpha value is -1.42. The van der Waals surface area contributed by atoms with Crippen molar-refractivity contribution in [2.75, 3.05) is 0 Å². The highest BCUT2D eigenvalue weighted by atomic mass is 79.9. The summed E-state index contributed by atoms with van der Waals surface area (Å²) >= 11 is 3.16. The van der Waals surface area contributed by atoms with E-state index in [0.29, 0.717) is 4.47 Å². The number of aromatic nitrogens is 2. The van der Waals surface area contributed by atoms with Crippen LogP contribution in [0.3, 0.4) is 0 Å². The molecule has 0 saturated heterocycles. The fraction of sp³-hybridized carbons (Fsp3) is 0. The van der Waals surface area contributed by atoms with E-state index in [1.807, 2.05) is 30.3 Å². The number of hydrogen-bond acceptors (Lipinski definition) is 2. The molecule has 0 bridgehead atoms. The molecule has 1 N–H and O–H groups in total. The third kappa shape index (κ3) is 1.75. The molecule has 14 heavy (non-hydrogen) atoms. The SMILES string of the molecule is O=c1[nH]nc(-c2ccccc2)cc1Br. The van der Waals surface area contributed by atoms with Crippen LogP contribution >= 0.6 is 15.9 Å². The van der Waals surface area contributed by atoms with Crippen molar-refractivity contribution in [3.05, 3.63) is 51.2 Å². The summed E-state index contributed by atoms with van der Waals surface area (Å²) in [5.41, 5.74) is 1.51. The lowest BCUT2D eigenvalue weighted by atomic mass is 10.1. The first kappa shape index (κ1) is 9.15. The summed E-state index contributed by atoms with van der Waals surface area (Å²) in [5, 5.41) is 6.36. The molecule has 4 heteroatoms. The van der Waals surface area contributed by atoms with E-state index >= 15 is 0 Å². The summed E-state index contributed by atoms with van der Waals surface area (Å²) in [4.78, 5) is 11.0. The lowest BCUT2D eigenvalue weighted by molar-refractivity contribution is 0.985. The highest BCUT2D eigenvalue weighted by Crippen LogP contribution is 2.16. The second kappa shape index (κ2) is 3.75. The maximum atomic E-state index is 11.0. The van der Waals surface area contributed by atoms with E-state index in [1.165, 1.54) is 0 Å². The van der Waals surface area contributed by atoms with Crippen LogP contribution in [0.5, 0.6) is 0 Å². The van der Waals surface area contributed by atoms with Crippen LogP contribution in [0.2, 0.25) is 0 Å². The van der Waals surface area contributed by atoms with E-state index in [4.69, 9.17) is 0 Å². The first-order valence-electron chi connectivity index (χ1n) is 4.08. The average Bonchev–Trinajstić information content (AvgIpc) is 2.23. The normalized spacial score (nSPS) is 10.1. The Balaban J connectivity index is 2.54. The van der Waals surface area contributed by atoms with E-state index in [9.17, 15) is 4.79 Å². The van der Waals surface area contributed by atoms with E-state index in [1.54, 1.807) is 6.07 Å². The molecule has 0 unspecified atom stereocenters. The molecule has 2 rings (SSSR count). The van der Waals surface area contributed by atoms with Gasteiger partial charge >= 0.3 is 0 Å². The lowest BCUT2D eigenvalue weighted by Crippen LogP contribution is -2.08. The van der Waals surface area contributed by atoms with Gasteiger partial charge in [0, 0.05) is 5.56 Å². The molecule has 0 aliphatic rings. The Labute approximate surface area is 88.9 Å². The van der Waals surface area contributed by atoms with Crippen LogP contribution in [0.4, 0.5) is 0 Å². The molecule has 1 heterocycles. The molecule has 0 amide bonds. The number of aromatic amines is 1. The number of benzene rings is 1. The third-order valence-electron chi connectivity index (χ3n) is 1.83. The second-order valence-electron chi connectivity index (χ2n) is 2.80. The van der Waals surface area contributed by atoms with Gasteiger partial charge in [0.1, 0.15) is 0 Å². The van der Waals surface area contributed by atoms with E-state index in [0.717, 1.165) is 11.3 Å². The number of hydrogen-bond donors (Lipinski definition) is 1. The molecular weight excluding hydrogens is 244 g/mol. The zero-order chi connectivity index (χ0) is 9.97. The zero-order valence-corrected chi connectivity index (χ0v) is 8.78. The molecule has 0 saturated carbocycles. The fourth-order valence-electron chi connectivity index (χ4n) is 1.14. The Morgan fingerprint density at radius 3 is 2.57 bits per heavy atom. The summed E-state index contributed by atoms with van der Waals surface area (Å²) in [6, 6.07) is 11.4. The molecule has 0 atom stereocenters. The predicted molar refractivity (Wildman–Crippen MR) is 58.0 cm³/mol. The largest absolute Gasteiger partial charge is 0.278 e. The molecule has 0 spiro atoms. The van der Waals surface area contributed by atoms with Crippen molar-refractivity contribution < 1.29 is 0 Å². The highest BCUT2D eigenvalue weighted by molar-refractivity contribution is 9.10. The highest BCUT2D eigenvalue weighted by Gasteiger charge is 2.01. The monoisotopic (exact) mass is 250 g/mol. The molecule has 0 fully saturated rings. The van der Waals surface area contributed by atoms with Crippen LogP contribution in [0.15, 0.2) is 45.7 Å². The van der Waals surface area contributed by atoms with Crippen LogP contribution in [0, 0.1) is 0 Å². The summed E-state index contributed by atoms with van der Waals surface area (Å²) in [6.07, 6.45) is 0. The Bertz CT molecular complexity index is 493. The van der Waals surface area contributed by atoms with Crippen molar-refractivity contribution in [2.24, 2.45) is 0 Å². The Morgan fingerprint density at radius 1 is 1.21 bits per heavy atom. The third-order valence-corrected chi connectivity index (χ3v) is 2.42. The van der Waals surface area contributed by atoms with Gasteiger partial charge in [0.2, 0.25) is 0 Å². The van der Waals surface area contributed by atoms with Gasteiger partial charge in [-0.15, -0.1) is 0 Å². The Kier molecular flexibility index (Phi) is 2.45. The van der Waals surface area contributed by atoms with Gasteiger partial charge in [-0.05, 0) is 22.0 Å². The minimum atomic E-state index is -0.218. The van der Waals surface area contributed by atoms with Crippen molar-refractivity contribution in [3.8, 4) is 11.3 Å². The van der Waals surface area contributed by atoms with Gasteiger partial charge in [-0.2, -0.15) is 5.10 Å². The maximum Gasteiger partial charge on any atom is 0.278 e. The summed E-state index contributed by atoms with van der Waals surface area (Å²) in [6.45, 7) is 0. The number of rotatable bonds is 1. The van der Waals surface area contributed by atoms with Gasteiger partial charge in [0.05, 0.1) is 10.2 Å². The molecule has 1 aromatic carbocycles. The fourth-order valence-corrected chi connectivity index (χ4v) is 1.44. The maximum absolute atomic E-state index is 11.0. The molecule has 3 nitrogen and oxygen atoms in total. The van der Waals surface area contributed by atoms with Gasteiger partial charge in [-0.25, -0.2) is 5.10 Å². The molecule has 2 aromatic rings. The summed E-state index contributed by atoms with van der Waals surface area (Å²) < 4.78 is 0.492. The second-order valence-corrected chi connectivity index (χ2v) is 3.65. The number of nitrogens with one attached hydrogen (secondary N) is 1. The van der Waals surface area contributed by atoms with E-state index in [2.05, 4.69) is 26.1 Å². The smallest absolute Gasteiger partial charge is 0.267 e. The van der Waals surface area contributed by atoms with Crippen molar-refractivity contribution >= 4 is 15.9 Å². The lowest BCUT2D eigenvalue weighted by Gasteiger charge is -1.98. The van der Waals surface area contributed by atoms with Crippen LogP contribution < -0.4 is 5.56 Å². The molecular formula is C10H7BrN2O. The molecule has 0 aliphatic carbocycles. The standard InChI is InChI=1S/C10H7BrN2O/c11-8-6-9(12-13-10(8)14)7-4-2-1-3-5-7/h1-6H,(H,13,14). The minimum Gasteiger partial charge on any atom is -0.267 e. The van der Waals surface area contributed by atoms with Crippen LogP contribution in [0.25, 0.3) is 11.3 Å². The quantitative estimate of drug-likeness (QED) is 0.844. The van der Waals surface area contributed by atoms with Crippen molar-refractivity contribution in [1.29, 1.82) is 0 Å². The van der Waals surface area contributed by atoms with E-state index < -0.39 is 0 Å². The topological polar surface area (TPSA) is 45.8 Å². The van der Waals surface area contributed by atoms with Crippen molar-refractivity contribution in [3.63, 3.8) is 0 Å². The van der Waals surface area contributed by atoms with Crippen LogP contribution in [-0.2, 0) is 0 Å². The van der Waals surface area contributed by atoms with Gasteiger partial charge in [-0.1, -0.05) is 30.3 Å². The van der Waals surface area contributed by atoms with Gasteiger partial charge in [0.15, 0.2) is 0 Å².